The quantitative estimate of drug-likeness (QED) is 0.742. The van der Waals surface area contributed by atoms with Gasteiger partial charge >= 0.3 is 18.1 Å². The molecule has 0 aromatic carbocycles. The number of alkyl halides is 3. The minimum Gasteiger partial charge on any atom is -0.476 e. The van der Waals surface area contributed by atoms with Crippen LogP contribution in [0.4, 0.5) is 13.2 Å². The van der Waals surface area contributed by atoms with Gasteiger partial charge in [0.15, 0.2) is 12.1 Å². The van der Waals surface area contributed by atoms with Gasteiger partial charge in [0.2, 0.25) is 0 Å². The second kappa shape index (κ2) is 4.98. The Morgan fingerprint density at radius 1 is 1.33 bits per heavy atom. The van der Waals surface area contributed by atoms with E-state index in [-0.39, 0.29) is 5.69 Å². The molecule has 9 heteroatoms. The fourth-order valence-electron chi connectivity index (χ4n) is 0.318. The fraction of sp³-hybridized carbons (Fsp3) is 0.167. The molecule has 1 aromatic heterocycles. The first-order valence-corrected chi connectivity index (χ1v) is 3.16. The number of halogens is 3. The maximum atomic E-state index is 10.6. The van der Waals surface area contributed by atoms with Gasteiger partial charge in [0.1, 0.15) is 6.26 Å². The van der Waals surface area contributed by atoms with Crippen molar-refractivity contribution in [2.75, 3.05) is 0 Å². The topological polar surface area (TPSA) is 101 Å². The molecular formula is C6H4F3NO5. The average Bonchev–Trinajstić information content (AvgIpc) is 2.54. The number of oxazole rings is 1. The van der Waals surface area contributed by atoms with Gasteiger partial charge in [-0.05, 0) is 0 Å². The smallest absolute Gasteiger partial charge is 0.476 e. The molecule has 0 radical (unpaired) electrons. The summed E-state index contributed by atoms with van der Waals surface area (Å²) >= 11 is 0. The van der Waals surface area contributed by atoms with Crippen molar-refractivity contribution in [3.63, 3.8) is 0 Å². The van der Waals surface area contributed by atoms with Gasteiger partial charge < -0.3 is 14.6 Å². The molecule has 0 atom stereocenters. The predicted octanol–water partition coefficient (Wildman–Crippen LogP) is 1.01. The molecule has 0 saturated carbocycles. The van der Waals surface area contributed by atoms with E-state index in [0.29, 0.717) is 0 Å². The zero-order valence-electron chi connectivity index (χ0n) is 6.85. The second-order valence-electron chi connectivity index (χ2n) is 1.98. The molecule has 0 amide bonds. The predicted molar refractivity (Wildman–Crippen MR) is 37.2 cm³/mol. The summed E-state index contributed by atoms with van der Waals surface area (Å²) in [4.78, 5) is 22.2. The minimum absolute atomic E-state index is 0.0648. The molecule has 0 spiro atoms. The number of hydrogen-bond donors (Lipinski definition) is 2. The number of aromatic nitrogens is 1. The van der Waals surface area contributed by atoms with Crippen LogP contribution in [0, 0.1) is 0 Å². The Kier molecular flexibility index (Phi) is 4.30. The van der Waals surface area contributed by atoms with Crippen molar-refractivity contribution in [1.29, 1.82) is 0 Å². The highest BCUT2D eigenvalue weighted by atomic mass is 19.4. The normalized spacial score (nSPS) is 10.1. The molecule has 1 heterocycles. The number of aliphatic carboxylic acids is 1. The van der Waals surface area contributed by atoms with Crippen molar-refractivity contribution >= 4 is 11.9 Å². The Labute approximate surface area is 80.0 Å². The third-order valence-electron chi connectivity index (χ3n) is 0.894. The Hall–Kier alpha value is -2.06. The van der Waals surface area contributed by atoms with Gasteiger partial charge in [-0.3, -0.25) is 0 Å². The van der Waals surface area contributed by atoms with E-state index < -0.39 is 18.1 Å². The number of carbonyl (C=O) groups is 2. The second-order valence-corrected chi connectivity index (χ2v) is 1.98. The maximum Gasteiger partial charge on any atom is 0.490 e. The standard InChI is InChI=1S/C4H3NO3.C2HF3O2/c6-4(7)3-1-8-2-5-3;3-2(4,5)1(6)7/h1-2H,(H,6,7);(H,6,7). The van der Waals surface area contributed by atoms with E-state index in [0.717, 1.165) is 12.7 Å². The van der Waals surface area contributed by atoms with Crippen molar-refractivity contribution in [1.82, 2.24) is 4.98 Å². The van der Waals surface area contributed by atoms with Crippen LogP contribution in [0.3, 0.4) is 0 Å². The van der Waals surface area contributed by atoms with Crippen LogP contribution in [-0.2, 0) is 4.79 Å². The zero-order chi connectivity index (χ0) is 12.1. The summed E-state index contributed by atoms with van der Waals surface area (Å²) in [6.45, 7) is 0. The lowest BCUT2D eigenvalue weighted by atomic mass is 10.5. The molecule has 1 rings (SSSR count). The van der Waals surface area contributed by atoms with Crippen LogP contribution in [0.2, 0.25) is 0 Å². The van der Waals surface area contributed by atoms with E-state index in [2.05, 4.69) is 9.40 Å². The van der Waals surface area contributed by atoms with Gasteiger partial charge in [0.05, 0.1) is 0 Å². The summed E-state index contributed by atoms with van der Waals surface area (Å²) < 4.78 is 36.1. The van der Waals surface area contributed by atoms with Gasteiger partial charge in [-0.25, -0.2) is 14.6 Å². The molecule has 0 bridgehead atoms. The monoisotopic (exact) mass is 227 g/mol. The van der Waals surface area contributed by atoms with Gasteiger partial charge in [-0.2, -0.15) is 13.2 Å². The van der Waals surface area contributed by atoms with Gasteiger partial charge in [0.25, 0.3) is 0 Å². The van der Waals surface area contributed by atoms with Crippen LogP contribution in [0.5, 0.6) is 0 Å². The molecule has 0 fully saturated rings. The molecule has 6 nitrogen and oxygen atoms in total. The van der Waals surface area contributed by atoms with Gasteiger partial charge in [-0.15, -0.1) is 0 Å². The van der Waals surface area contributed by atoms with E-state index in [1.807, 2.05) is 0 Å². The first-order valence-electron chi connectivity index (χ1n) is 3.16. The van der Waals surface area contributed by atoms with Gasteiger partial charge in [-0.1, -0.05) is 0 Å². The van der Waals surface area contributed by atoms with Crippen LogP contribution in [-0.4, -0.2) is 33.3 Å². The van der Waals surface area contributed by atoms with Crippen LogP contribution in [0.1, 0.15) is 10.5 Å². The largest absolute Gasteiger partial charge is 0.490 e. The highest BCUT2D eigenvalue weighted by Gasteiger charge is 2.38. The Bertz CT molecular complexity index is 331. The Balaban J connectivity index is 0.000000265. The van der Waals surface area contributed by atoms with Crippen molar-refractivity contribution in [2.45, 2.75) is 6.18 Å². The Morgan fingerprint density at radius 3 is 1.93 bits per heavy atom. The summed E-state index contributed by atoms with van der Waals surface area (Å²) in [7, 11) is 0. The molecule has 2 N–H and O–H groups in total. The third-order valence-corrected chi connectivity index (χ3v) is 0.894. The fourth-order valence-corrected chi connectivity index (χ4v) is 0.318. The van der Waals surface area contributed by atoms with Crippen molar-refractivity contribution in [3.8, 4) is 0 Å². The average molecular weight is 227 g/mol. The highest BCUT2D eigenvalue weighted by molar-refractivity contribution is 5.84. The molecule has 0 aliphatic heterocycles. The molecule has 0 saturated heterocycles. The SMILES string of the molecule is O=C(O)C(F)(F)F.O=C(O)c1cocn1. The molecular weight excluding hydrogens is 223 g/mol. The lowest BCUT2D eigenvalue weighted by Gasteiger charge is -1.93. The molecule has 84 valence electrons. The zero-order valence-corrected chi connectivity index (χ0v) is 6.85. The number of nitrogens with zero attached hydrogens (tertiary/aromatic N) is 1. The number of carboxylic acids is 2. The van der Waals surface area contributed by atoms with E-state index >= 15 is 0 Å². The number of rotatable bonds is 1. The van der Waals surface area contributed by atoms with E-state index in [1.165, 1.54) is 0 Å². The van der Waals surface area contributed by atoms with Gasteiger partial charge in [0, 0.05) is 0 Å². The molecule has 15 heavy (non-hydrogen) atoms. The molecule has 0 aliphatic carbocycles. The number of aromatic carboxylic acids is 1. The summed E-state index contributed by atoms with van der Waals surface area (Å²) in [5.74, 6) is -3.83. The molecule has 1 aromatic rings. The summed E-state index contributed by atoms with van der Waals surface area (Å²) in [6, 6.07) is 0. The Morgan fingerprint density at radius 2 is 1.80 bits per heavy atom. The minimum atomic E-state index is -5.08. The first kappa shape index (κ1) is 12.9. The maximum absolute atomic E-state index is 10.6. The van der Waals surface area contributed by atoms with Crippen LogP contribution < -0.4 is 0 Å². The summed E-state index contributed by atoms with van der Waals surface area (Å²) in [6.07, 6.45) is -2.94. The van der Waals surface area contributed by atoms with Crippen LogP contribution >= 0.6 is 0 Å². The van der Waals surface area contributed by atoms with E-state index in [4.69, 9.17) is 15.0 Å². The van der Waals surface area contributed by atoms with Crippen molar-refractivity contribution in [2.24, 2.45) is 0 Å². The van der Waals surface area contributed by atoms with Crippen molar-refractivity contribution in [3.05, 3.63) is 18.4 Å². The number of carboxylic acid groups (broad SMARTS) is 2. The summed E-state index contributed by atoms with van der Waals surface area (Å²) in [5.41, 5.74) is -0.0648. The third kappa shape index (κ3) is 5.29. The van der Waals surface area contributed by atoms with Crippen LogP contribution in [0.25, 0.3) is 0 Å². The lowest BCUT2D eigenvalue weighted by molar-refractivity contribution is -0.192. The molecule has 0 unspecified atom stereocenters. The van der Waals surface area contributed by atoms with Crippen molar-refractivity contribution < 1.29 is 37.4 Å². The number of hydrogen-bond acceptors (Lipinski definition) is 4. The van der Waals surface area contributed by atoms with E-state index in [1.54, 1.807) is 0 Å². The summed E-state index contributed by atoms with van der Waals surface area (Å²) in [5, 5.41) is 15.3. The highest BCUT2D eigenvalue weighted by Crippen LogP contribution is 2.13. The first-order chi connectivity index (χ1) is 6.75. The lowest BCUT2D eigenvalue weighted by Crippen LogP contribution is -2.21. The van der Waals surface area contributed by atoms with Crippen LogP contribution in [0.15, 0.2) is 17.1 Å². The molecule has 0 aliphatic rings. The van der Waals surface area contributed by atoms with E-state index in [9.17, 15) is 18.0 Å².